The van der Waals surface area contributed by atoms with Crippen LogP contribution in [0.4, 0.5) is 5.69 Å². The Bertz CT molecular complexity index is 724. The van der Waals surface area contributed by atoms with Crippen LogP contribution in [0.15, 0.2) is 36.4 Å². The minimum atomic E-state index is -1.22. The van der Waals surface area contributed by atoms with Crippen LogP contribution < -0.4 is 5.32 Å². The largest absolute Gasteiger partial charge is 0.508 e. The first-order chi connectivity index (χ1) is 9.88. The number of carbonyl (C=O) groups excluding carboxylic acids is 1. The lowest BCUT2D eigenvalue weighted by Gasteiger charge is -2.10. The van der Waals surface area contributed by atoms with Crippen LogP contribution in [-0.4, -0.2) is 27.2 Å². The Kier molecular flexibility index (Phi) is 3.80. The Morgan fingerprint density at radius 1 is 1.05 bits per heavy atom. The molecule has 2 aromatic carbocycles. The number of hydrogen-bond acceptors (Lipinski definition) is 4. The van der Waals surface area contributed by atoms with Crippen LogP contribution in [-0.2, 0) is 0 Å². The molecule has 0 spiro atoms. The van der Waals surface area contributed by atoms with Gasteiger partial charge in [-0.25, -0.2) is 4.79 Å². The van der Waals surface area contributed by atoms with Gasteiger partial charge in [0.05, 0.1) is 11.3 Å². The molecule has 0 aliphatic heterocycles. The van der Waals surface area contributed by atoms with E-state index >= 15 is 0 Å². The average Bonchev–Trinajstić information content (AvgIpc) is 2.41. The Hall–Kier alpha value is -3.02. The SMILES string of the molecule is Cc1cc(C(=O)Nc2cc(O)ccc2C(=O)O)ccc1O. The van der Waals surface area contributed by atoms with Crippen molar-refractivity contribution in [2.75, 3.05) is 5.32 Å². The molecular weight excluding hydrogens is 274 g/mol. The Labute approximate surface area is 120 Å². The van der Waals surface area contributed by atoms with E-state index in [0.717, 1.165) is 6.07 Å². The first-order valence-electron chi connectivity index (χ1n) is 6.06. The van der Waals surface area contributed by atoms with Gasteiger partial charge in [-0.3, -0.25) is 4.79 Å². The van der Waals surface area contributed by atoms with Gasteiger partial charge in [-0.2, -0.15) is 0 Å². The second kappa shape index (κ2) is 5.54. The molecule has 6 nitrogen and oxygen atoms in total. The molecule has 0 unspecified atom stereocenters. The number of hydrogen-bond donors (Lipinski definition) is 4. The van der Waals surface area contributed by atoms with Crippen LogP contribution in [0.2, 0.25) is 0 Å². The molecule has 0 atom stereocenters. The predicted octanol–water partition coefficient (Wildman–Crippen LogP) is 2.36. The van der Waals surface area contributed by atoms with E-state index in [1.165, 1.54) is 30.3 Å². The number of aromatic hydroxyl groups is 2. The van der Waals surface area contributed by atoms with Crippen molar-refractivity contribution in [3.05, 3.63) is 53.1 Å². The summed E-state index contributed by atoms with van der Waals surface area (Å²) in [7, 11) is 0. The molecule has 0 bridgehead atoms. The highest BCUT2D eigenvalue weighted by molar-refractivity contribution is 6.08. The van der Waals surface area contributed by atoms with Gasteiger partial charge >= 0.3 is 5.97 Å². The summed E-state index contributed by atoms with van der Waals surface area (Å²) in [5, 5.41) is 30.3. The lowest BCUT2D eigenvalue weighted by Crippen LogP contribution is -2.14. The fourth-order valence-corrected chi connectivity index (χ4v) is 1.81. The fourth-order valence-electron chi connectivity index (χ4n) is 1.81. The first-order valence-corrected chi connectivity index (χ1v) is 6.06. The molecule has 0 radical (unpaired) electrons. The van der Waals surface area contributed by atoms with Crippen molar-refractivity contribution < 1.29 is 24.9 Å². The molecule has 21 heavy (non-hydrogen) atoms. The molecule has 2 aromatic rings. The Balaban J connectivity index is 2.33. The molecule has 0 saturated heterocycles. The van der Waals surface area contributed by atoms with E-state index in [-0.39, 0.29) is 28.3 Å². The first kappa shape index (κ1) is 14.4. The van der Waals surface area contributed by atoms with Crippen LogP contribution >= 0.6 is 0 Å². The summed E-state index contributed by atoms with van der Waals surface area (Å²) < 4.78 is 0. The number of carboxylic acid groups (broad SMARTS) is 1. The van der Waals surface area contributed by atoms with Gasteiger partial charge in [0.15, 0.2) is 0 Å². The highest BCUT2D eigenvalue weighted by Crippen LogP contribution is 2.23. The van der Waals surface area contributed by atoms with Crippen LogP contribution in [0.1, 0.15) is 26.3 Å². The smallest absolute Gasteiger partial charge is 0.337 e. The predicted molar refractivity (Wildman–Crippen MR) is 75.9 cm³/mol. The molecule has 6 heteroatoms. The van der Waals surface area contributed by atoms with Crippen molar-refractivity contribution in [3.63, 3.8) is 0 Å². The lowest BCUT2D eigenvalue weighted by molar-refractivity contribution is 0.0698. The number of aromatic carboxylic acids is 1. The molecule has 1 amide bonds. The molecule has 108 valence electrons. The number of carbonyl (C=O) groups is 2. The lowest BCUT2D eigenvalue weighted by atomic mass is 10.1. The summed E-state index contributed by atoms with van der Waals surface area (Å²) in [5.41, 5.74) is 0.664. The van der Waals surface area contributed by atoms with Crippen molar-refractivity contribution in [2.45, 2.75) is 6.92 Å². The minimum absolute atomic E-state index is 0.00164. The minimum Gasteiger partial charge on any atom is -0.508 e. The van der Waals surface area contributed by atoms with Gasteiger partial charge in [-0.05, 0) is 42.8 Å². The summed E-state index contributed by atoms with van der Waals surface area (Å²) >= 11 is 0. The van der Waals surface area contributed by atoms with Gasteiger partial charge in [0.1, 0.15) is 11.5 Å². The van der Waals surface area contributed by atoms with Crippen LogP contribution in [0.5, 0.6) is 11.5 Å². The maximum atomic E-state index is 12.1. The van der Waals surface area contributed by atoms with Gasteiger partial charge in [-0.1, -0.05) is 0 Å². The van der Waals surface area contributed by atoms with Gasteiger partial charge in [0.25, 0.3) is 5.91 Å². The number of carboxylic acids is 1. The van der Waals surface area contributed by atoms with Crippen molar-refractivity contribution in [2.24, 2.45) is 0 Å². The zero-order valence-corrected chi connectivity index (χ0v) is 11.1. The maximum absolute atomic E-state index is 12.1. The van der Waals surface area contributed by atoms with E-state index in [1.807, 2.05) is 0 Å². The summed E-state index contributed by atoms with van der Waals surface area (Å²) in [4.78, 5) is 23.2. The zero-order chi connectivity index (χ0) is 15.6. The third kappa shape index (κ3) is 3.11. The standard InChI is InChI=1S/C15H13NO5/c1-8-6-9(2-5-13(8)18)14(19)16-12-7-10(17)3-4-11(12)15(20)21/h2-7,17-18H,1H3,(H,16,19)(H,20,21). The number of phenols is 2. The van der Waals surface area contributed by atoms with Crippen LogP contribution in [0.3, 0.4) is 0 Å². The fraction of sp³-hybridized carbons (Fsp3) is 0.0667. The molecular formula is C15H13NO5. The van der Waals surface area contributed by atoms with Gasteiger partial charge in [-0.15, -0.1) is 0 Å². The molecule has 4 N–H and O–H groups in total. The van der Waals surface area contributed by atoms with Gasteiger partial charge in [0.2, 0.25) is 0 Å². The number of amides is 1. The zero-order valence-electron chi connectivity index (χ0n) is 11.1. The third-order valence-corrected chi connectivity index (χ3v) is 2.94. The summed E-state index contributed by atoms with van der Waals surface area (Å²) in [6.45, 7) is 1.64. The maximum Gasteiger partial charge on any atom is 0.337 e. The molecule has 0 aromatic heterocycles. The molecule has 2 rings (SSSR count). The van der Waals surface area contributed by atoms with Gasteiger partial charge < -0.3 is 20.6 Å². The van der Waals surface area contributed by atoms with Crippen LogP contribution in [0, 0.1) is 6.92 Å². The van der Waals surface area contributed by atoms with E-state index in [1.54, 1.807) is 6.92 Å². The third-order valence-electron chi connectivity index (χ3n) is 2.94. The summed E-state index contributed by atoms with van der Waals surface area (Å²) in [5.74, 6) is -1.84. The van der Waals surface area contributed by atoms with E-state index in [4.69, 9.17) is 5.11 Å². The van der Waals surface area contributed by atoms with E-state index in [2.05, 4.69) is 5.32 Å². The monoisotopic (exact) mass is 287 g/mol. The molecule has 0 fully saturated rings. The molecule has 0 heterocycles. The average molecular weight is 287 g/mol. The molecule has 0 aliphatic rings. The van der Waals surface area contributed by atoms with Crippen molar-refractivity contribution in [1.82, 2.24) is 0 Å². The van der Waals surface area contributed by atoms with Crippen molar-refractivity contribution >= 4 is 17.6 Å². The van der Waals surface area contributed by atoms with E-state index in [9.17, 15) is 19.8 Å². The number of benzene rings is 2. The van der Waals surface area contributed by atoms with Gasteiger partial charge in [0, 0.05) is 11.6 Å². The quantitative estimate of drug-likeness (QED) is 0.693. The van der Waals surface area contributed by atoms with E-state index < -0.39 is 11.9 Å². The second-order valence-electron chi connectivity index (χ2n) is 4.49. The van der Waals surface area contributed by atoms with E-state index in [0.29, 0.717) is 5.56 Å². The highest BCUT2D eigenvalue weighted by atomic mass is 16.4. The molecule has 0 aliphatic carbocycles. The second-order valence-corrected chi connectivity index (χ2v) is 4.49. The molecule has 0 saturated carbocycles. The number of nitrogens with one attached hydrogen (secondary N) is 1. The number of anilines is 1. The number of aryl methyl sites for hydroxylation is 1. The summed E-state index contributed by atoms with van der Waals surface area (Å²) in [6, 6.07) is 7.87. The Morgan fingerprint density at radius 2 is 1.76 bits per heavy atom. The van der Waals surface area contributed by atoms with Crippen molar-refractivity contribution in [3.8, 4) is 11.5 Å². The summed E-state index contributed by atoms with van der Waals surface area (Å²) in [6.07, 6.45) is 0. The topological polar surface area (TPSA) is 107 Å². The Morgan fingerprint density at radius 3 is 2.38 bits per heavy atom. The highest BCUT2D eigenvalue weighted by Gasteiger charge is 2.15. The van der Waals surface area contributed by atoms with Crippen molar-refractivity contribution in [1.29, 1.82) is 0 Å². The van der Waals surface area contributed by atoms with Crippen LogP contribution in [0.25, 0.3) is 0 Å². The normalized spacial score (nSPS) is 10.1. The number of phenolic OH excluding ortho intramolecular Hbond substituents is 2. The number of rotatable bonds is 3.